The van der Waals surface area contributed by atoms with Crippen LogP contribution in [0.5, 0.6) is 17.2 Å². The van der Waals surface area contributed by atoms with Crippen LogP contribution in [-0.4, -0.2) is 81.2 Å². The van der Waals surface area contributed by atoms with Crippen LogP contribution in [0.25, 0.3) is 0 Å². The Bertz CT molecular complexity index is 2700. The fraction of sp³-hybridized carbons (Fsp3) is 0.346. The number of carbonyl (C=O) groups excluding carboxylic acids is 3. The van der Waals surface area contributed by atoms with Crippen molar-refractivity contribution in [1.82, 2.24) is 0 Å². The van der Waals surface area contributed by atoms with E-state index in [9.17, 15) is 14.4 Å². The fourth-order valence-corrected chi connectivity index (χ4v) is 9.34. The molecule has 5 aromatic rings. The van der Waals surface area contributed by atoms with Crippen molar-refractivity contribution in [2.75, 3.05) is 54.9 Å². The highest BCUT2D eigenvalue weighted by atomic mass is 32.2. The zero-order valence-corrected chi connectivity index (χ0v) is 38.5. The van der Waals surface area contributed by atoms with E-state index >= 15 is 0 Å². The van der Waals surface area contributed by atoms with Crippen molar-refractivity contribution in [2.45, 2.75) is 76.5 Å². The van der Waals surface area contributed by atoms with Gasteiger partial charge in [0.25, 0.3) is 11.8 Å². The number of fused-ring (bicyclic) bond motifs is 8. The third-order valence-electron chi connectivity index (χ3n) is 12.8. The van der Waals surface area contributed by atoms with E-state index in [1.807, 2.05) is 111 Å². The molecule has 0 bridgehead atoms. The summed E-state index contributed by atoms with van der Waals surface area (Å²) in [5.41, 5.74) is 9.77. The molecule has 0 unspecified atom stereocenters. The molecular weight excluding hydrogens is 841 g/mol. The van der Waals surface area contributed by atoms with Crippen LogP contribution in [0.4, 0.5) is 27.5 Å². The molecule has 0 radical (unpaired) electrons. The van der Waals surface area contributed by atoms with Crippen LogP contribution in [0.1, 0.15) is 74.4 Å². The molecule has 2 atom stereocenters. The van der Waals surface area contributed by atoms with Gasteiger partial charge in [-0.2, -0.15) is 11.8 Å². The molecule has 12 nitrogen and oxygen atoms in total. The number of ether oxygens (including phenoxy) is 5. The van der Waals surface area contributed by atoms with E-state index in [0.29, 0.717) is 46.2 Å². The lowest BCUT2D eigenvalue weighted by atomic mass is 9.98. The second-order valence-corrected chi connectivity index (χ2v) is 19.1. The van der Waals surface area contributed by atoms with Crippen LogP contribution in [0, 0.1) is 6.92 Å². The van der Waals surface area contributed by atoms with E-state index in [-0.39, 0.29) is 61.6 Å². The number of methoxy groups -OCH3 is 2. The Labute approximate surface area is 384 Å². The van der Waals surface area contributed by atoms with Crippen molar-refractivity contribution in [3.63, 3.8) is 0 Å². The second kappa shape index (κ2) is 18.3. The lowest BCUT2D eigenvalue weighted by molar-refractivity contribution is 0.0975. The number of benzene rings is 5. The minimum absolute atomic E-state index is 0.0269. The monoisotopic (exact) mass is 894 g/mol. The number of rotatable bonds is 14. The number of anilines is 3. The average Bonchev–Trinajstić information content (AvgIpc) is 3.81. The highest BCUT2D eigenvalue weighted by Crippen LogP contribution is 2.42. The fourth-order valence-electron chi connectivity index (χ4n) is 9.17. The molecule has 0 N–H and O–H groups in total. The van der Waals surface area contributed by atoms with Gasteiger partial charge in [-0.1, -0.05) is 36.4 Å². The highest BCUT2D eigenvalue weighted by molar-refractivity contribution is 7.99. The maximum atomic E-state index is 14.1. The highest BCUT2D eigenvalue weighted by Gasteiger charge is 2.38. The summed E-state index contributed by atoms with van der Waals surface area (Å²) < 4.78 is 30.0. The van der Waals surface area contributed by atoms with Crippen LogP contribution < -0.4 is 28.9 Å². The topological polar surface area (TPSA) is 119 Å². The number of carbonyl (C=O) groups is 3. The Balaban J connectivity index is 1.00. The first-order valence-electron chi connectivity index (χ1n) is 22.0. The van der Waals surface area contributed by atoms with Crippen molar-refractivity contribution in [2.24, 2.45) is 4.99 Å². The standard InChI is InChI=1S/C52H54N4O8S/c1-32-19-41-35(15-16-38-23-36-11-7-9-13-44(36)55(38)49(41)57)25-46(32)62-29-33-20-34(22-39(21-33)54(17-18-60-4)51(59)64-31-52(2,3)65-6)30-63-48-27-43-42(26-47(48)61-5)50(58)56-40(28-53-43)24-37-12-8-10-14-45(37)56/h7-14,19-22,25-28,38,40H,15-18,23-24,29-31H2,1-6H3/t38-,40+/m1/s1. The summed E-state index contributed by atoms with van der Waals surface area (Å²) in [5, 5.41) is 0. The van der Waals surface area contributed by atoms with Gasteiger partial charge in [-0.25, -0.2) is 4.79 Å². The lowest BCUT2D eigenvalue weighted by Gasteiger charge is -2.27. The zero-order valence-electron chi connectivity index (χ0n) is 37.7. The van der Waals surface area contributed by atoms with Gasteiger partial charge in [-0.05, 0) is 128 Å². The predicted molar refractivity (Wildman–Crippen MR) is 255 cm³/mol. The van der Waals surface area contributed by atoms with Gasteiger partial charge in [-0.3, -0.25) is 24.4 Å². The lowest BCUT2D eigenvalue weighted by Crippen LogP contribution is -2.37. The maximum absolute atomic E-state index is 14.1. The smallest absolute Gasteiger partial charge is 0.414 e. The van der Waals surface area contributed by atoms with Gasteiger partial charge in [-0.15, -0.1) is 0 Å². The molecule has 13 heteroatoms. The Kier molecular flexibility index (Phi) is 12.4. The van der Waals surface area contributed by atoms with Crippen LogP contribution in [0.3, 0.4) is 0 Å². The van der Waals surface area contributed by atoms with Crippen molar-refractivity contribution < 1.29 is 38.1 Å². The molecule has 0 aliphatic carbocycles. The van der Waals surface area contributed by atoms with Gasteiger partial charge in [0.1, 0.15) is 25.6 Å². The van der Waals surface area contributed by atoms with Crippen molar-refractivity contribution in [3.05, 3.63) is 136 Å². The first kappa shape index (κ1) is 43.9. The van der Waals surface area contributed by atoms with Gasteiger partial charge in [0.2, 0.25) is 0 Å². The summed E-state index contributed by atoms with van der Waals surface area (Å²) in [5.74, 6) is 1.36. The van der Waals surface area contributed by atoms with Gasteiger partial charge >= 0.3 is 6.09 Å². The first-order chi connectivity index (χ1) is 31.4. The van der Waals surface area contributed by atoms with Gasteiger partial charge in [0, 0.05) is 59.2 Å². The molecule has 0 fully saturated rings. The van der Waals surface area contributed by atoms with Crippen LogP contribution >= 0.6 is 11.8 Å². The normalized spacial score (nSPS) is 17.0. The molecular formula is C52H54N4O8S. The van der Waals surface area contributed by atoms with E-state index in [2.05, 4.69) is 6.07 Å². The average molecular weight is 895 g/mol. The summed E-state index contributed by atoms with van der Waals surface area (Å²) in [6.45, 7) is 7.02. The van der Waals surface area contributed by atoms with Crippen LogP contribution in [-0.2, 0) is 41.9 Å². The van der Waals surface area contributed by atoms with E-state index in [1.54, 1.807) is 47.9 Å². The number of thioether (sulfide) groups is 1. The molecule has 0 saturated heterocycles. The summed E-state index contributed by atoms with van der Waals surface area (Å²) >= 11 is 1.62. The number of hydrogen-bond donors (Lipinski definition) is 0. The molecule has 4 heterocycles. The molecule has 3 amide bonds. The van der Waals surface area contributed by atoms with Gasteiger partial charge in [0.05, 0.1) is 37.6 Å². The van der Waals surface area contributed by atoms with Crippen LogP contribution in [0.2, 0.25) is 0 Å². The number of aliphatic imine (C=N–C) groups is 1. The number of amides is 3. The van der Waals surface area contributed by atoms with Crippen molar-refractivity contribution >= 4 is 58.6 Å². The Morgan fingerprint density at radius 3 is 2.18 bits per heavy atom. The van der Waals surface area contributed by atoms with Gasteiger partial charge < -0.3 is 28.6 Å². The summed E-state index contributed by atoms with van der Waals surface area (Å²) in [6.07, 6.45) is 6.47. The number of hydrogen-bond acceptors (Lipinski definition) is 10. The predicted octanol–water partition coefficient (Wildman–Crippen LogP) is 9.70. The minimum Gasteiger partial charge on any atom is -0.493 e. The Hall–Kier alpha value is -6.31. The third-order valence-corrected chi connectivity index (χ3v) is 14.0. The summed E-state index contributed by atoms with van der Waals surface area (Å²) in [7, 11) is 3.14. The van der Waals surface area contributed by atoms with E-state index in [1.165, 1.54) is 5.56 Å². The maximum Gasteiger partial charge on any atom is 0.414 e. The molecule has 5 aromatic carbocycles. The largest absolute Gasteiger partial charge is 0.493 e. The van der Waals surface area contributed by atoms with Crippen molar-refractivity contribution in [1.29, 1.82) is 0 Å². The summed E-state index contributed by atoms with van der Waals surface area (Å²) in [4.78, 5) is 52.2. The molecule has 65 heavy (non-hydrogen) atoms. The Morgan fingerprint density at radius 2 is 1.48 bits per heavy atom. The Morgan fingerprint density at radius 1 is 0.800 bits per heavy atom. The van der Waals surface area contributed by atoms with Crippen LogP contribution in [0.15, 0.2) is 96.0 Å². The summed E-state index contributed by atoms with van der Waals surface area (Å²) in [6, 6.07) is 29.3. The van der Waals surface area contributed by atoms with Crippen molar-refractivity contribution in [3.8, 4) is 17.2 Å². The van der Waals surface area contributed by atoms with E-state index in [0.717, 1.165) is 58.5 Å². The zero-order chi connectivity index (χ0) is 45.4. The molecule has 0 saturated carbocycles. The second-order valence-electron chi connectivity index (χ2n) is 17.6. The van der Waals surface area contributed by atoms with Gasteiger partial charge in [0.15, 0.2) is 11.5 Å². The first-order valence-corrected chi connectivity index (χ1v) is 23.3. The molecule has 4 aliphatic rings. The molecule has 0 spiro atoms. The molecule has 0 aromatic heterocycles. The third kappa shape index (κ3) is 8.79. The number of para-hydroxylation sites is 2. The SMILES string of the molecule is COCCN(C(=O)OCC(C)(C)SC)c1cc(COc2cc3c(cc2C)C(=O)N2c4ccccc4C[C@H]2CC3)cc(COc2cc3c(cc2OC)C(=O)N2c4ccccc4C[C@H]2C=N3)c1. The number of aryl methyl sites for hydroxylation is 2. The van der Waals surface area contributed by atoms with E-state index < -0.39 is 6.09 Å². The van der Waals surface area contributed by atoms with E-state index in [4.69, 9.17) is 28.7 Å². The molecule has 4 aliphatic heterocycles. The minimum atomic E-state index is -0.499. The molecule has 9 rings (SSSR count). The molecule has 336 valence electrons. The quantitative estimate of drug-likeness (QED) is 0.107. The number of nitrogens with zero attached hydrogens (tertiary/aromatic N) is 4.